The Morgan fingerprint density at radius 1 is 0.857 bits per heavy atom. The number of phenolic OH excluding ortho intramolecular Hbond substituents is 2. The lowest BCUT2D eigenvalue weighted by Crippen LogP contribution is -2.29. The molecular formula is C30H34N2O3. The Bertz CT molecular complexity index is 1290. The van der Waals surface area contributed by atoms with E-state index in [4.69, 9.17) is 4.74 Å². The zero-order chi connectivity index (χ0) is 24.2. The molecule has 1 fully saturated rings. The van der Waals surface area contributed by atoms with Crippen LogP contribution in [0.4, 0.5) is 0 Å². The molecule has 0 radical (unpaired) electrons. The van der Waals surface area contributed by atoms with Gasteiger partial charge in [-0.05, 0) is 86.4 Å². The number of fused-ring (bicyclic) bond motifs is 1. The highest BCUT2D eigenvalue weighted by Gasteiger charge is 2.19. The van der Waals surface area contributed by atoms with Gasteiger partial charge < -0.3 is 19.5 Å². The van der Waals surface area contributed by atoms with Crippen LogP contribution in [0, 0.1) is 6.92 Å². The average Bonchev–Trinajstić information content (AvgIpc) is 3.01. The Balaban J connectivity index is 1.36. The van der Waals surface area contributed by atoms with Crippen LogP contribution in [-0.2, 0) is 6.54 Å². The zero-order valence-corrected chi connectivity index (χ0v) is 20.4. The summed E-state index contributed by atoms with van der Waals surface area (Å²) in [7, 11) is 0. The standard InChI is InChI=1S/C30H34N2O3/c1-22-27-20-24(33)12-15-28(27)32(30(22)26-8-4-5-9-29(26)34)21-23-10-13-25(14-11-23)35-19-18-31-16-6-2-3-7-17-31/h4-5,8-15,20,33-34H,2-3,6-7,16-19,21H2,1H3. The third kappa shape index (κ3) is 5.15. The summed E-state index contributed by atoms with van der Waals surface area (Å²) in [6.45, 7) is 6.75. The number of rotatable bonds is 7. The van der Waals surface area contributed by atoms with Crippen LogP contribution in [0.3, 0.4) is 0 Å². The number of benzene rings is 3. The second-order valence-corrected chi connectivity index (χ2v) is 9.53. The number of phenols is 2. The van der Waals surface area contributed by atoms with Crippen LogP contribution in [-0.4, -0.2) is 45.9 Å². The fourth-order valence-corrected chi connectivity index (χ4v) is 5.22. The van der Waals surface area contributed by atoms with Gasteiger partial charge in [0.15, 0.2) is 0 Å². The summed E-state index contributed by atoms with van der Waals surface area (Å²) in [5.74, 6) is 1.38. The molecule has 182 valence electrons. The van der Waals surface area contributed by atoms with Crippen molar-refractivity contribution in [3.05, 3.63) is 77.9 Å². The van der Waals surface area contributed by atoms with Gasteiger partial charge in [-0.15, -0.1) is 0 Å². The maximum Gasteiger partial charge on any atom is 0.124 e. The van der Waals surface area contributed by atoms with Crippen molar-refractivity contribution in [1.29, 1.82) is 0 Å². The molecule has 1 aliphatic rings. The number of aromatic nitrogens is 1. The first-order valence-electron chi connectivity index (χ1n) is 12.6. The van der Waals surface area contributed by atoms with E-state index in [1.807, 2.05) is 43.3 Å². The van der Waals surface area contributed by atoms with E-state index in [2.05, 4.69) is 21.6 Å². The highest BCUT2D eigenvalue weighted by Crippen LogP contribution is 2.39. The minimum absolute atomic E-state index is 0.239. The van der Waals surface area contributed by atoms with Gasteiger partial charge >= 0.3 is 0 Å². The Morgan fingerprint density at radius 2 is 1.60 bits per heavy atom. The highest BCUT2D eigenvalue weighted by atomic mass is 16.5. The van der Waals surface area contributed by atoms with Crippen molar-refractivity contribution in [2.24, 2.45) is 0 Å². The first kappa shape index (κ1) is 23.3. The van der Waals surface area contributed by atoms with E-state index in [-0.39, 0.29) is 11.5 Å². The first-order valence-corrected chi connectivity index (χ1v) is 12.6. The van der Waals surface area contributed by atoms with E-state index >= 15 is 0 Å². The summed E-state index contributed by atoms with van der Waals surface area (Å²) in [6.07, 6.45) is 5.29. The number of hydrogen-bond acceptors (Lipinski definition) is 4. The van der Waals surface area contributed by atoms with Gasteiger partial charge in [0.2, 0.25) is 0 Å². The van der Waals surface area contributed by atoms with Crippen molar-refractivity contribution < 1.29 is 14.9 Å². The van der Waals surface area contributed by atoms with E-state index in [1.54, 1.807) is 18.2 Å². The van der Waals surface area contributed by atoms with E-state index in [0.29, 0.717) is 13.2 Å². The van der Waals surface area contributed by atoms with E-state index < -0.39 is 0 Å². The van der Waals surface area contributed by atoms with E-state index in [0.717, 1.165) is 45.6 Å². The number of likely N-dealkylation sites (tertiary alicyclic amines) is 1. The van der Waals surface area contributed by atoms with Crippen molar-refractivity contribution in [3.8, 4) is 28.5 Å². The quantitative estimate of drug-likeness (QED) is 0.331. The summed E-state index contributed by atoms with van der Waals surface area (Å²) in [4.78, 5) is 2.51. The summed E-state index contributed by atoms with van der Waals surface area (Å²) >= 11 is 0. The van der Waals surface area contributed by atoms with Crippen LogP contribution in [0.25, 0.3) is 22.2 Å². The Labute approximate surface area is 207 Å². The predicted octanol–water partition coefficient (Wildman–Crippen LogP) is 6.33. The molecule has 1 aromatic heterocycles. The Hall–Kier alpha value is -3.44. The molecule has 0 amide bonds. The van der Waals surface area contributed by atoms with Crippen molar-refractivity contribution in [2.45, 2.75) is 39.2 Å². The van der Waals surface area contributed by atoms with Crippen LogP contribution < -0.4 is 4.74 Å². The molecule has 0 spiro atoms. The average molecular weight is 471 g/mol. The molecule has 0 atom stereocenters. The van der Waals surface area contributed by atoms with Gasteiger partial charge in [-0.3, -0.25) is 4.90 Å². The van der Waals surface area contributed by atoms with Crippen LogP contribution >= 0.6 is 0 Å². The van der Waals surface area contributed by atoms with Crippen LogP contribution in [0.1, 0.15) is 36.8 Å². The topological polar surface area (TPSA) is 57.9 Å². The third-order valence-electron chi connectivity index (χ3n) is 7.10. The van der Waals surface area contributed by atoms with Crippen LogP contribution in [0.2, 0.25) is 0 Å². The number of hydrogen-bond donors (Lipinski definition) is 2. The second-order valence-electron chi connectivity index (χ2n) is 9.53. The second kappa shape index (κ2) is 10.4. The molecule has 5 rings (SSSR count). The van der Waals surface area contributed by atoms with E-state index in [9.17, 15) is 10.2 Å². The van der Waals surface area contributed by atoms with E-state index in [1.165, 1.54) is 38.8 Å². The molecule has 0 bridgehead atoms. The van der Waals surface area contributed by atoms with Gasteiger partial charge in [-0.1, -0.05) is 37.1 Å². The molecule has 4 aromatic rings. The molecule has 0 saturated carbocycles. The molecule has 0 unspecified atom stereocenters. The Kier molecular flexibility index (Phi) is 6.96. The molecule has 2 heterocycles. The molecule has 1 aliphatic heterocycles. The van der Waals surface area contributed by atoms with Gasteiger partial charge in [-0.2, -0.15) is 0 Å². The molecule has 1 saturated heterocycles. The number of nitrogens with zero attached hydrogens (tertiary/aromatic N) is 2. The van der Waals surface area contributed by atoms with Gasteiger partial charge in [0.25, 0.3) is 0 Å². The van der Waals surface area contributed by atoms with Gasteiger partial charge in [-0.25, -0.2) is 0 Å². The number of para-hydroxylation sites is 1. The summed E-state index contributed by atoms with van der Waals surface area (Å²) in [5, 5.41) is 21.7. The van der Waals surface area contributed by atoms with Crippen LogP contribution in [0.15, 0.2) is 66.7 Å². The lowest BCUT2D eigenvalue weighted by Gasteiger charge is -2.19. The minimum atomic E-state index is 0.239. The molecule has 35 heavy (non-hydrogen) atoms. The monoisotopic (exact) mass is 470 g/mol. The fraction of sp³-hybridized carbons (Fsp3) is 0.333. The van der Waals surface area contributed by atoms with Crippen molar-refractivity contribution in [2.75, 3.05) is 26.2 Å². The first-order chi connectivity index (χ1) is 17.1. The highest BCUT2D eigenvalue weighted by molar-refractivity contribution is 5.93. The van der Waals surface area contributed by atoms with Gasteiger partial charge in [0, 0.05) is 29.6 Å². The SMILES string of the molecule is Cc1c(-c2ccccc2O)n(Cc2ccc(OCCN3CCCCCC3)cc2)c2ccc(O)cc12. The molecule has 2 N–H and O–H groups in total. The number of aromatic hydroxyl groups is 2. The van der Waals surface area contributed by atoms with Gasteiger partial charge in [0.1, 0.15) is 23.9 Å². The normalized spacial score (nSPS) is 14.8. The van der Waals surface area contributed by atoms with Crippen LogP contribution in [0.5, 0.6) is 17.2 Å². The maximum atomic E-state index is 10.6. The molecule has 5 nitrogen and oxygen atoms in total. The van der Waals surface area contributed by atoms with Crippen molar-refractivity contribution in [3.63, 3.8) is 0 Å². The number of ether oxygens (including phenoxy) is 1. The summed E-state index contributed by atoms with van der Waals surface area (Å²) in [5.41, 5.74) is 4.95. The molecule has 0 aliphatic carbocycles. The maximum absolute atomic E-state index is 10.6. The molecule has 3 aromatic carbocycles. The largest absolute Gasteiger partial charge is 0.508 e. The third-order valence-corrected chi connectivity index (χ3v) is 7.10. The lowest BCUT2D eigenvalue weighted by molar-refractivity contribution is 0.214. The summed E-state index contributed by atoms with van der Waals surface area (Å²) in [6, 6.07) is 21.2. The smallest absolute Gasteiger partial charge is 0.124 e. The molecule has 5 heteroatoms. The lowest BCUT2D eigenvalue weighted by atomic mass is 10.1. The van der Waals surface area contributed by atoms with Crippen molar-refractivity contribution in [1.82, 2.24) is 9.47 Å². The van der Waals surface area contributed by atoms with Crippen molar-refractivity contribution >= 4 is 10.9 Å². The van der Waals surface area contributed by atoms with Gasteiger partial charge in [0.05, 0.1) is 5.69 Å². The fourth-order valence-electron chi connectivity index (χ4n) is 5.22. The Morgan fingerprint density at radius 3 is 2.34 bits per heavy atom. The number of aryl methyl sites for hydroxylation is 1. The predicted molar refractivity (Wildman–Crippen MR) is 141 cm³/mol. The zero-order valence-electron chi connectivity index (χ0n) is 20.4. The summed E-state index contributed by atoms with van der Waals surface area (Å²) < 4.78 is 8.26. The minimum Gasteiger partial charge on any atom is -0.508 e. The molecular weight excluding hydrogens is 436 g/mol.